The predicted octanol–water partition coefficient (Wildman–Crippen LogP) is 0.650. The van der Waals surface area contributed by atoms with Gasteiger partial charge in [-0.3, -0.25) is 0 Å². The zero-order valence-electron chi connectivity index (χ0n) is 11.3. The number of amidine groups is 1. The van der Waals surface area contributed by atoms with E-state index < -0.39 is 0 Å². The molecule has 0 radical (unpaired) electrons. The Hall–Kier alpha value is -1.79. The highest BCUT2D eigenvalue weighted by Gasteiger charge is 2.07. The number of oxime groups is 1. The first kappa shape index (κ1) is 15.3. The Morgan fingerprint density at radius 2 is 2.26 bits per heavy atom. The summed E-state index contributed by atoms with van der Waals surface area (Å²) in [7, 11) is 1.60. The van der Waals surface area contributed by atoms with E-state index in [1.54, 1.807) is 26.2 Å². The third-order valence-corrected chi connectivity index (χ3v) is 2.74. The van der Waals surface area contributed by atoms with Crippen LogP contribution in [0.2, 0.25) is 0 Å². The lowest BCUT2D eigenvalue weighted by atomic mass is 10.1. The van der Waals surface area contributed by atoms with E-state index in [1.165, 1.54) is 0 Å². The Morgan fingerprint density at radius 3 is 2.84 bits per heavy atom. The van der Waals surface area contributed by atoms with Crippen LogP contribution in [0.3, 0.4) is 0 Å². The first-order chi connectivity index (χ1) is 9.08. The minimum Gasteiger partial charge on any atom is -0.496 e. The monoisotopic (exact) mass is 267 g/mol. The molecule has 6 nitrogen and oxygen atoms in total. The second kappa shape index (κ2) is 7.60. The lowest BCUT2D eigenvalue weighted by molar-refractivity contribution is 0.183. The molecule has 1 aromatic rings. The lowest BCUT2D eigenvalue weighted by Gasteiger charge is -2.12. The Bertz CT molecular complexity index is 433. The number of ether oxygens (including phenoxy) is 1. The van der Waals surface area contributed by atoms with Crippen LogP contribution in [0.1, 0.15) is 24.5 Å². The van der Waals surface area contributed by atoms with Crippen LogP contribution < -0.4 is 15.8 Å². The zero-order chi connectivity index (χ0) is 14.3. The van der Waals surface area contributed by atoms with Crippen molar-refractivity contribution >= 4 is 5.84 Å². The van der Waals surface area contributed by atoms with E-state index >= 15 is 0 Å². The molecule has 0 aliphatic carbocycles. The van der Waals surface area contributed by atoms with Crippen LogP contribution in [0.15, 0.2) is 23.4 Å². The fourth-order valence-electron chi connectivity index (χ4n) is 1.67. The van der Waals surface area contributed by atoms with Crippen LogP contribution in [-0.2, 0) is 6.54 Å². The summed E-state index contributed by atoms with van der Waals surface area (Å²) in [4.78, 5) is 0. The summed E-state index contributed by atoms with van der Waals surface area (Å²) in [5.74, 6) is 0.798. The number of nitrogens with zero attached hydrogens (tertiary/aromatic N) is 1. The highest BCUT2D eigenvalue weighted by Crippen LogP contribution is 2.19. The Morgan fingerprint density at radius 1 is 1.53 bits per heavy atom. The number of nitrogens with two attached hydrogens (primary N) is 1. The molecule has 1 rings (SSSR count). The summed E-state index contributed by atoms with van der Waals surface area (Å²) >= 11 is 0. The van der Waals surface area contributed by atoms with Crippen molar-refractivity contribution in [2.75, 3.05) is 13.7 Å². The number of methoxy groups -OCH3 is 1. The molecular weight excluding hydrogens is 246 g/mol. The van der Waals surface area contributed by atoms with Gasteiger partial charge >= 0.3 is 0 Å². The largest absolute Gasteiger partial charge is 0.496 e. The maximum atomic E-state index is 9.17. The second-order valence-electron chi connectivity index (χ2n) is 4.33. The number of hydrogen-bond acceptors (Lipinski definition) is 5. The molecule has 0 saturated heterocycles. The van der Waals surface area contributed by atoms with Crippen molar-refractivity contribution in [2.45, 2.75) is 26.0 Å². The average molecular weight is 267 g/mol. The van der Waals surface area contributed by atoms with Gasteiger partial charge in [-0.1, -0.05) is 5.16 Å². The van der Waals surface area contributed by atoms with Gasteiger partial charge in [-0.05, 0) is 38.1 Å². The standard InChI is InChI=1S/C13H21N3O3/c1-9(17)5-6-15-8-11-7-10(13(14)16-18)3-4-12(11)19-2/h3-4,7,9,15,17-18H,5-6,8H2,1-2H3,(H2,14,16). The van der Waals surface area contributed by atoms with Gasteiger partial charge in [0.15, 0.2) is 5.84 Å². The van der Waals surface area contributed by atoms with E-state index in [4.69, 9.17) is 15.7 Å². The van der Waals surface area contributed by atoms with Crippen LogP contribution >= 0.6 is 0 Å². The molecule has 106 valence electrons. The molecule has 0 fully saturated rings. The van der Waals surface area contributed by atoms with Gasteiger partial charge in [0.2, 0.25) is 0 Å². The number of aliphatic hydroxyl groups is 1. The van der Waals surface area contributed by atoms with Crippen LogP contribution in [0.5, 0.6) is 5.75 Å². The van der Waals surface area contributed by atoms with Gasteiger partial charge in [-0.25, -0.2) is 0 Å². The van der Waals surface area contributed by atoms with Crippen molar-refractivity contribution in [3.05, 3.63) is 29.3 Å². The minimum absolute atomic E-state index is 0.0629. The third kappa shape index (κ3) is 4.76. The molecule has 1 aromatic carbocycles. The molecule has 0 spiro atoms. The van der Waals surface area contributed by atoms with Crippen LogP contribution in [0, 0.1) is 0 Å². The quantitative estimate of drug-likeness (QED) is 0.191. The molecular formula is C13H21N3O3. The van der Waals surface area contributed by atoms with E-state index in [-0.39, 0.29) is 11.9 Å². The molecule has 6 heteroatoms. The SMILES string of the molecule is COc1ccc(/C(N)=N/O)cc1CNCCC(C)O. The Balaban J connectivity index is 2.73. The fourth-order valence-corrected chi connectivity index (χ4v) is 1.67. The van der Waals surface area contributed by atoms with E-state index in [9.17, 15) is 5.11 Å². The van der Waals surface area contributed by atoms with E-state index in [2.05, 4.69) is 10.5 Å². The van der Waals surface area contributed by atoms with Gasteiger partial charge in [-0.15, -0.1) is 0 Å². The molecule has 0 amide bonds. The maximum absolute atomic E-state index is 9.17. The van der Waals surface area contributed by atoms with Gasteiger partial charge in [-0.2, -0.15) is 0 Å². The first-order valence-corrected chi connectivity index (χ1v) is 6.12. The van der Waals surface area contributed by atoms with E-state index in [0.29, 0.717) is 25.1 Å². The van der Waals surface area contributed by atoms with Crippen molar-refractivity contribution in [1.29, 1.82) is 0 Å². The van der Waals surface area contributed by atoms with Crippen molar-refractivity contribution in [3.8, 4) is 5.75 Å². The number of benzene rings is 1. The van der Waals surface area contributed by atoms with Gasteiger partial charge in [0.05, 0.1) is 13.2 Å². The Labute approximate surface area is 112 Å². The summed E-state index contributed by atoms with van der Waals surface area (Å²) in [6.45, 7) is 3.04. The zero-order valence-corrected chi connectivity index (χ0v) is 11.3. The molecule has 0 heterocycles. The summed E-state index contributed by atoms with van der Waals surface area (Å²) in [5, 5.41) is 24.0. The maximum Gasteiger partial charge on any atom is 0.170 e. The Kier molecular flexibility index (Phi) is 6.11. The van der Waals surface area contributed by atoms with Crippen molar-refractivity contribution in [3.63, 3.8) is 0 Å². The summed E-state index contributed by atoms with van der Waals surface area (Å²) in [6.07, 6.45) is 0.361. The van der Waals surface area contributed by atoms with Gasteiger partial charge in [0.1, 0.15) is 5.75 Å². The van der Waals surface area contributed by atoms with Crippen molar-refractivity contribution in [1.82, 2.24) is 5.32 Å². The van der Waals surface area contributed by atoms with Crippen LogP contribution in [0.25, 0.3) is 0 Å². The molecule has 0 aromatic heterocycles. The molecule has 19 heavy (non-hydrogen) atoms. The van der Waals surface area contributed by atoms with Gasteiger partial charge in [0, 0.05) is 17.7 Å². The van der Waals surface area contributed by atoms with Crippen molar-refractivity contribution < 1.29 is 15.1 Å². The van der Waals surface area contributed by atoms with Gasteiger partial charge < -0.3 is 26.1 Å². The molecule has 1 atom stereocenters. The molecule has 0 bridgehead atoms. The number of rotatable bonds is 7. The predicted molar refractivity (Wildman–Crippen MR) is 73.5 cm³/mol. The smallest absolute Gasteiger partial charge is 0.170 e. The number of aliphatic hydroxyl groups excluding tert-OH is 1. The number of hydrogen-bond donors (Lipinski definition) is 4. The topological polar surface area (TPSA) is 100 Å². The van der Waals surface area contributed by atoms with Crippen LogP contribution in [0.4, 0.5) is 0 Å². The molecule has 0 saturated carbocycles. The van der Waals surface area contributed by atoms with E-state index in [0.717, 1.165) is 11.3 Å². The molecule has 0 aliphatic heterocycles. The highest BCUT2D eigenvalue weighted by atomic mass is 16.5. The molecule has 5 N–H and O–H groups in total. The fraction of sp³-hybridized carbons (Fsp3) is 0.462. The first-order valence-electron chi connectivity index (χ1n) is 6.12. The van der Waals surface area contributed by atoms with Crippen LogP contribution in [-0.4, -0.2) is 35.9 Å². The van der Waals surface area contributed by atoms with Gasteiger partial charge in [0.25, 0.3) is 0 Å². The molecule has 1 unspecified atom stereocenters. The third-order valence-electron chi connectivity index (χ3n) is 2.74. The summed E-state index contributed by atoms with van der Waals surface area (Å²) < 4.78 is 5.26. The summed E-state index contributed by atoms with van der Waals surface area (Å²) in [6, 6.07) is 5.31. The minimum atomic E-state index is -0.321. The summed E-state index contributed by atoms with van der Waals surface area (Å²) in [5.41, 5.74) is 7.10. The highest BCUT2D eigenvalue weighted by molar-refractivity contribution is 5.97. The van der Waals surface area contributed by atoms with Crippen molar-refractivity contribution in [2.24, 2.45) is 10.9 Å². The normalized spacial score (nSPS) is 13.3. The average Bonchev–Trinajstić information content (AvgIpc) is 2.42. The lowest BCUT2D eigenvalue weighted by Crippen LogP contribution is -2.20. The number of nitrogens with one attached hydrogen (secondary N) is 1. The van der Waals surface area contributed by atoms with E-state index in [1.807, 2.05) is 6.07 Å². The second-order valence-corrected chi connectivity index (χ2v) is 4.33. The molecule has 0 aliphatic rings.